The summed E-state index contributed by atoms with van der Waals surface area (Å²) in [6.45, 7) is 1.19. The van der Waals surface area contributed by atoms with Crippen LogP contribution < -0.4 is 10.0 Å². The molecule has 2 rings (SSSR count). The Morgan fingerprint density at radius 1 is 1.23 bits per heavy atom. The molecule has 0 fully saturated rings. The number of thiophene rings is 1. The molecule has 1 heterocycles. The molecular formula is C16H22FIN4O2S2. The van der Waals surface area contributed by atoms with E-state index < -0.39 is 10.0 Å². The molecule has 1 aromatic heterocycles. The number of aliphatic imine (C=N–C) groups is 1. The van der Waals surface area contributed by atoms with Crippen molar-refractivity contribution in [2.75, 3.05) is 27.2 Å². The summed E-state index contributed by atoms with van der Waals surface area (Å²) in [5, 5.41) is 4.82. The van der Waals surface area contributed by atoms with Crippen molar-refractivity contribution in [2.45, 2.75) is 10.8 Å². The molecule has 0 atom stereocenters. The first kappa shape index (κ1) is 22.8. The van der Waals surface area contributed by atoms with E-state index in [4.69, 9.17) is 0 Å². The Morgan fingerprint density at radius 3 is 2.50 bits per heavy atom. The van der Waals surface area contributed by atoms with Gasteiger partial charge in [0.15, 0.2) is 5.96 Å². The highest BCUT2D eigenvalue weighted by Crippen LogP contribution is 2.14. The van der Waals surface area contributed by atoms with Crippen LogP contribution in [0.5, 0.6) is 0 Å². The van der Waals surface area contributed by atoms with E-state index in [0.717, 1.165) is 5.56 Å². The van der Waals surface area contributed by atoms with Crippen molar-refractivity contribution in [1.82, 2.24) is 14.9 Å². The molecule has 0 aliphatic carbocycles. The molecule has 2 aromatic rings. The number of sulfonamides is 1. The molecule has 26 heavy (non-hydrogen) atoms. The second kappa shape index (κ2) is 10.8. The highest BCUT2D eigenvalue weighted by atomic mass is 127. The lowest BCUT2D eigenvalue weighted by Gasteiger charge is -2.22. The summed E-state index contributed by atoms with van der Waals surface area (Å²) in [4.78, 5) is 6.04. The third-order valence-electron chi connectivity index (χ3n) is 3.37. The van der Waals surface area contributed by atoms with Gasteiger partial charge in [0.25, 0.3) is 0 Å². The monoisotopic (exact) mass is 512 g/mol. The fraction of sp³-hybridized carbons (Fsp3) is 0.312. The van der Waals surface area contributed by atoms with E-state index in [1.165, 1.54) is 23.5 Å². The second-order valence-corrected chi connectivity index (χ2v) is 8.23. The van der Waals surface area contributed by atoms with Crippen molar-refractivity contribution in [1.29, 1.82) is 0 Å². The summed E-state index contributed by atoms with van der Waals surface area (Å²) >= 11 is 1.18. The summed E-state index contributed by atoms with van der Waals surface area (Å²) in [5.41, 5.74) is 0.949. The molecule has 144 valence electrons. The Hall–Kier alpha value is -1.24. The Bertz CT molecular complexity index is 796. The normalized spacial score (nSPS) is 11.7. The average molecular weight is 512 g/mol. The quantitative estimate of drug-likeness (QED) is 0.259. The van der Waals surface area contributed by atoms with Gasteiger partial charge in [0, 0.05) is 33.7 Å². The zero-order valence-electron chi connectivity index (χ0n) is 14.5. The summed E-state index contributed by atoms with van der Waals surface area (Å²) in [5.74, 6) is 0.353. The predicted molar refractivity (Wildman–Crippen MR) is 114 cm³/mol. The van der Waals surface area contributed by atoms with Gasteiger partial charge >= 0.3 is 0 Å². The van der Waals surface area contributed by atoms with Gasteiger partial charge in [0.1, 0.15) is 10.0 Å². The van der Waals surface area contributed by atoms with Crippen LogP contribution in [-0.2, 0) is 16.6 Å². The van der Waals surface area contributed by atoms with Gasteiger partial charge in [0.05, 0.1) is 0 Å². The number of benzene rings is 1. The minimum absolute atomic E-state index is 0. The Balaban J connectivity index is 0.00000338. The SMILES string of the molecule is CN=C(NCCNS(=O)(=O)c1cccs1)N(C)Cc1ccc(F)cc1.I. The van der Waals surface area contributed by atoms with Crippen LogP contribution in [0.3, 0.4) is 0 Å². The topological polar surface area (TPSA) is 73.8 Å². The van der Waals surface area contributed by atoms with Gasteiger partial charge in [0.2, 0.25) is 10.0 Å². The predicted octanol–water partition coefficient (Wildman–Crippen LogP) is 2.49. The highest BCUT2D eigenvalue weighted by Gasteiger charge is 2.14. The highest BCUT2D eigenvalue weighted by molar-refractivity contribution is 14.0. The van der Waals surface area contributed by atoms with Crippen molar-refractivity contribution >= 4 is 51.3 Å². The molecule has 0 aliphatic rings. The molecule has 0 saturated carbocycles. The van der Waals surface area contributed by atoms with E-state index in [1.807, 2.05) is 11.9 Å². The lowest BCUT2D eigenvalue weighted by Crippen LogP contribution is -2.42. The number of nitrogens with one attached hydrogen (secondary N) is 2. The first-order chi connectivity index (χ1) is 11.9. The van der Waals surface area contributed by atoms with Crippen LogP contribution in [0, 0.1) is 5.82 Å². The van der Waals surface area contributed by atoms with Gasteiger partial charge in [-0.3, -0.25) is 4.99 Å². The maximum absolute atomic E-state index is 12.9. The van der Waals surface area contributed by atoms with Gasteiger partial charge in [-0.25, -0.2) is 17.5 Å². The van der Waals surface area contributed by atoms with Crippen LogP contribution in [0.2, 0.25) is 0 Å². The molecule has 6 nitrogen and oxygen atoms in total. The maximum atomic E-state index is 12.9. The van der Waals surface area contributed by atoms with Crippen LogP contribution in [-0.4, -0.2) is 46.5 Å². The molecule has 0 aliphatic heterocycles. The Morgan fingerprint density at radius 2 is 1.92 bits per heavy atom. The van der Waals surface area contributed by atoms with Crippen molar-refractivity contribution in [3.63, 3.8) is 0 Å². The molecule has 0 spiro atoms. The Kier molecular flexibility index (Phi) is 9.47. The summed E-state index contributed by atoms with van der Waals surface area (Å²) in [7, 11) is 0.0528. The van der Waals surface area contributed by atoms with Crippen molar-refractivity contribution in [3.05, 3.63) is 53.2 Å². The smallest absolute Gasteiger partial charge is 0.250 e. The third kappa shape index (κ3) is 6.82. The van der Waals surface area contributed by atoms with E-state index in [1.54, 1.807) is 36.7 Å². The molecule has 0 unspecified atom stereocenters. The molecule has 0 radical (unpaired) electrons. The van der Waals surface area contributed by atoms with Crippen molar-refractivity contribution in [2.24, 2.45) is 4.99 Å². The zero-order chi connectivity index (χ0) is 18.3. The van der Waals surface area contributed by atoms with E-state index >= 15 is 0 Å². The van der Waals surface area contributed by atoms with Gasteiger partial charge in [-0.1, -0.05) is 18.2 Å². The second-order valence-electron chi connectivity index (χ2n) is 5.29. The van der Waals surface area contributed by atoms with Crippen LogP contribution in [0.4, 0.5) is 4.39 Å². The summed E-state index contributed by atoms with van der Waals surface area (Å²) in [6, 6.07) is 9.53. The van der Waals surface area contributed by atoms with Crippen molar-refractivity contribution in [3.8, 4) is 0 Å². The Labute approximate surface area is 174 Å². The lowest BCUT2D eigenvalue weighted by molar-refractivity contribution is 0.476. The standard InChI is InChI=1S/C16H21FN4O2S2.HI/c1-18-16(21(2)12-13-5-7-14(17)8-6-13)19-9-10-20-25(22,23)15-4-3-11-24-15;/h3-8,11,20H,9-10,12H2,1-2H3,(H,18,19);1H. The number of guanidine groups is 1. The molecule has 0 saturated heterocycles. The van der Waals surface area contributed by atoms with E-state index in [0.29, 0.717) is 23.3 Å². The molecule has 0 amide bonds. The number of hydrogen-bond acceptors (Lipinski definition) is 4. The zero-order valence-corrected chi connectivity index (χ0v) is 18.4. The first-order valence-electron chi connectivity index (χ1n) is 7.62. The van der Waals surface area contributed by atoms with Crippen LogP contribution in [0.15, 0.2) is 51.0 Å². The van der Waals surface area contributed by atoms with Gasteiger partial charge in [-0.2, -0.15) is 0 Å². The van der Waals surface area contributed by atoms with E-state index in [-0.39, 0.29) is 36.3 Å². The van der Waals surface area contributed by atoms with Crippen LogP contribution in [0.25, 0.3) is 0 Å². The number of hydrogen-bond donors (Lipinski definition) is 2. The fourth-order valence-corrected chi connectivity index (χ4v) is 4.24. The minimum Gasteiger partial charge on any atom is -0.355 e. The average Bonchev–Trinajstić information content (AvgIpc) is 3.12. The van der Waals surface area contributed by atoms with Crippen molar-refractivity contribution < 1.29 is 12.8 Å². The molecule has 1 aromatic carbocycles. The summed E-state index contributed by atoms with van der Waals surface area (Å²) < 4.78 is 39.8. The number of rotatable bonds is 7. The fourth-order valence-electron chi connectivity index (χ4n) is 2.17. The lowest BCUT2D eigenvalue weighted by atomic mass is 10.2. The molecule has 0 bridgehead atoms. The largest absolute Gasteiger partial charge is 0.355 e. The number of halogens is 2. The van der Waals surface area contributed by atoms with Crippen LogP contribution in [0.1, 0.15) is 5.56 Å². The van der Waals surface area contributed by atoms with Gasteiger partial charge in [-0.15, -0.1) is 35.3 Å². The third-order valence-corrected chi connectivity index (χ3v) is 6.22. The van der Waals surface area contributed by atoms with Gasteiger partial charge < -0.3 is 10.2 Å². The van der Waals surface area contributed by atoms with Crippen LogP contribution >= 0.6 is 35.3 Å². The number of nitrogens with zero attached hydrogens (tertiary/aromatic N) is 2. The summed E-state index contributed by atoms with van der Waals surface area (Å²) in [6.07, 6.45) is 0. The van der Waals surface area contributed by atoms with E-state index in [9.17, 15) is 12.8 Å². The molecule has 10 heteroatoms. The maximum Gasteiger partial charge on any atom is 0.250 e. The van der Waals surface area contributed by atoms with Gasteiger partial charge in [-0.05, 0) is 29.1 Å². The minimum atomic E-state index is -3.45. The molecular weight excluding hydrogens is 490 g/mol. The molecule has 2 N–H and O–H groups in total. The first-order valence-corrected chi connectivity index (χ1v) is 9.98. The van der Waals surface area contributed by atoms with E-state index in [2.05, 4.69) is 15.0 Å².